The van der Waals surface area contributed by atoms with E-state index in [1.165, 1.54) is 0 Å². The monoisotopic (exact) mass is 350 g/mol. The molecule has 0 saturated heterocycles. The first-order chi connectivity index (χ1) is 11.4. The Morgan fingerprint density at radius 2 is 1.96 bits per heavy atom. The number of nitrogens with zero attached hydrogens (tertiary/aromatic N) is 2. The smallest absolute Gasteiger partial charge is 0.306 e. The van der Waals surface area contributed by atoms with E-state index in [4.69, 9.17) is 16.3 Å². The number of carbonyl (C=O) groups is 1. The van der Waals surface area contributed by atoms with E-state index < -0.39 is 12.1 Å². The number of aliphatic carboxylic acids is 1. The van der Waals surface area contributed by atoms with Crippen molar-refractivity contribution in [1.29, 1.82) is 0 Å². The molecule has 0 aliphatic rings. The van der Waals surface area contributed by atoms with E-state index in [2.05, 4.69) is 18.9 Å². The molecule has 0 spiro atoms. The number of hydrogen-bond donors (Lipinski definition) is 1. The number of halogens is 1. The van der Waals surface area contributed by atoms with Crippen molar-refractivity contribution in [3.8, 4) is 0 Å². The summed E-state index contributed by atoms with van der Waals surface area (Å²) in [5, 5.41) is 14.3. The molecule has 5 nitrogen and oxygen atoms in total. The zero-order valence-corrected chi connectivity index (χ0v) is 14.9. The summed E-state index contributed by atoms with van der Waals surface area (Å²) in [4.78, 5) is 11.2. The first kappa shape index (κ1) is 18.5. The van der Waals surface area contributed by atoms with Crippen molar-refractivity contribution in [2.24, 2.45) is 0 Å². The average Bonchev–Trinajstić information content (AvgIpc) is 3.01. The molecule has 1 N–H and O–H groups in total. The molecule has 0 radical (unpaired) electrons. The Bertz CT molecular complexity index is 667. The van der Waals surface area contributed by atoms with Crippen LogP contribution in [0, 0.1) is 0 Å². The fourth-order valence-electron chi connectivity index (χ4n) is 2.91. The molecule has 2 atom stereocenters. The summed E-state index contributed by atoms with van der Waals surface area (Å²) in [6, 6.07) is 9.72. The maximum atomic E-state index is 11.2. The van der Waals surface area contributed by atoms with Crippen molar-refractivity contribution >= 4 is 17.6 Å². The van der Waals surface area contributed by atoms with E-state index in [1.807, 2.05) is 35.0 Å². The van der Waals surface area contributed by atoms with Gasteiger partial charge in [-0.2, -0.15) is 5.10 Å². The minimum Gasteiger partial charge on any atom is -0.481 e. The summed E-state index contributed by atoms with van der Waals surface area (Å²) >= 11 is 5.96. The summed E-state index contributed by atoms with van der Waals surface area (Å²) in [7, 11) is 1.55. The van der Waals surface area contributed by atoms with Crippen LogP contribution in [0.5, 0.6) is 0 Å². The number of methoxy groups -OCH3 is 1. The van der Waals surface area contributed by atoms with Crippen LogP contribution in [0.25, 0.3) is 0 Å². The molecule has 0 saturated carbocycles. The number of carboxylic acid groups (broad SMARTS) is 1. The van der Waals surface area contributed by atoms with Gasteiger partial charge in [-0.1, -0.05) is 23.7 Å². The van der Waals surface area contributed by atoms with Crippen LogP contribution in [0.3, 0.4) is 0 Å². The number of benzene rings is 1. The third kappa shape index (κ3) is 4.58. The Labute approximate surface area is 147 Å². The van der Waals surface area contributed by atoms with Gasteiger partial charge in [-0.05, 0) is 44.0 Å². The van der Waals surface area contributed by atoms with Gasteiger partial charge in [-0.15, -0.1) is 0 Å². The standard InChI is InChI=1S/C18H23ClN2O3/c1-12(2)21-16(8-9-20-21)15(17(24-3)11-18(22)23)10-13-4-6-14(19)7-5-13/h4-9,12,15,17H,10-11H2,1-3H3,(H,22,23). The number of hydrogen-bond acceptors (Lipinski definition) is 3. The van der Waals surface area contributed by atoms with E-state index in [0.29, 0.717) is 11.4 Å². The number of ether oxygens (including phenoxy) is 1. The van der Waals surface area contributed by atoms with Crippen LogP contribution in [-0.2, 0) is 16.0 Å². The predicted molar refractivity (Wildman–Crippen MR) is 93.6 cm³/mol. The van der Waals surface area contributed by atoms with Crippen molar-refractivity contribution < 1.29 is 14.6 Å². The third-order valence-electron chi connectivity index (χ3n) is 4.07. The topological polar surface area (TPSA) is 64.3 Å². The molecule has 2 aromatic rings. The normalized spacial score (nSPS) is 13.9. The fourth-order valence-corrected chi connectivity index (χ4v) is 3.04. The Kier molecular flexibility index (Phi) is 6.40. The molecule has 6 heteroatoms. The molecular formula is C18H23ClN2O3. The van der Waals surface area contributed by atoms with Gasteiger partial charge in [0.1, 0.15) is 0 Å². The van der Waals surface area contributed by atoms with Gasteiger partial charge in [0.2, 0.25) is 0 Å². The van der Waals surface area contributed by atoms with Crippen LogP contribution in [0.2, 0.25) is 5.02 Å². The maximum Gasteiger partial charge on any atom is 0.306 e. The number of rotatable bonds is 8. The zero-order chi connectivity index (χ0) is 17.7. The molecule has 0 fully saturated rings. The van der Waals surface area contributed by atoms with Gasteiger partial charge in [-0.25, -0.2) is 0 Å². The highest BCUT2D eigenvalue weighted by Crippen LogP contribution is 2.30. The lowest BCUT2D eigenvalue weighted by Crippen LogP contribution is -2.28. The summed E-state index contributed by atoms with van der Waals surface area (Å²) < 4.78 is 7.45. The molecule has 1 aromatic heterocycles. The first-order valence-corrected chi connectivity index (χ1v) is 8.32. The molecule has 1 heterocycles. The summed E-state index contributed by atoms with van der Waals surface area (Å²) in [5.41, 5.74) is 2.06. The van der Waals surface area contributed by atoms with Crippen molar-refractivity contribution in [2.45, 2.75) is 44.8 Å². The van der Waals surface area contributed by atoms with Gasteiger partial charge in [0, 0.05) is 36.0 Å². The van der Waals surface area contributed by atoms with Gasteiger partial charge >= 0.3 is 5.97 Å². The van der Waals surface area contributed by atoms with Crippen molar-refractivity contribution in [3.63, 3.8) is 0 Å². The lowest BCUT2D eigenvalue weighted by atomic mass is 9.89. The van der Waals surface area contributed by atoms with Crippen molar-refractivity contribution in [1.82, 2.24) is 9.78 Å². The van der Waals surface area contributed by atoms with Gasteiger partial charge in [0.05, 0.1) is 12.5 Å². The largest absolute Gasteiger partial charge is 0.481 e. The van der Waals surface area contributed by atoms with E-state index in [1.54, 1.807) is 13.3 Å². The number of aromatic nitrogens is 2. The van der Waals surface area contributed by atoms with Crippen LogP contribution in [0.15, 0.2) is 36.5 Å². The molecule has 2 rings (SSSR count). The lowest BCUT2D eigenvalue weighted by molar-refractivity contribution is -0.140. The summed E-state index contributed by atoms with van der Waals surface area (Å²) in [5.74, 6) is -0.990. The quantitative estimate of drug-likeness (QED) is 0.783. The minimum absolute atomic E-state index is 0.0575. The Morgan fingerprint density at radius 1 is 1.29 bits per heavy atom. The first-order valence-electron chi connectivity index (χ1n) is 7.94. The third-order valence-corrected chi connectivity index (χ3v) is 4.32. The van der Waals surface area contributed by atoms with E-state index >= 15 is 0 Å². The molecule has 2 unspecified atom stereocenters. The molecule has 1 aromatic carbocycles. The minimum atomic E-state index is -0.876. The van der Waals surface area contributed by atoms with Crippen molar-refractivity contribution in [3.05, 3.63) is 52.8 Å². The summed E-state index contributed by atoms with van der Waals surface area (Å²) in [6.07, 6.45) is 1.91. The van der Waals surface area contributed by atoms with Crippen molar-refractivity contribution in [2.75, 3.05) is 7.11 Å². The van der Waals surface area contributed by atoms with Crippen LogP contribution in [-0.4, -0.2) is 34.1 Å². The molecule has 0 amide bonds. The highest BCUT2D eigenvalue weighted by molar-refractivity contribution is 6.30. The second kappa shape index (κ2) is 8.31. The Hall–Kier alpha value is -1.85. The van der Waals surface area contributed by atoms with Gasteiger partial charge < -0.3 is 9.84 Å². The predicted octanol–water partition coefficient (Wildman–Crippen LogP) is 3.93. The Balaban J connectivity index is 2.37. The molecule has 24 heavy (non-hydrogen) atoms. The summed E-state index contributed by atoms with van der Waals surface area (Å²) in [6.45, 7) is 4.10. The molecule has 0 aliphatic carbocycles. The fraction of sp³-hybridized carbons (Fsp3) is 0.444. The van der Waals surface area contributed by atoms with Gasteiger partial charge in [0.25, 0.3) is 0 Å². The zero-order valence-electron chi connectivity index (χ0n) is 14.1. The molecule has 130 valence electrons. The molecule has 0 aliphatic heterocycles. The maximum absolute atomic E-state index is 11.2. The highest BCUT2D eigenvalue weighted by Gasteiger charge is 2.29. The Morgan fingerprint density at radius 3 is 2.50 bits per heavy atom. The lowest BCUT2D eigenvalue weighted by Gasteiger charge is -2.27. The molecule has 0 bridgehead atoms. The van der Waals surface area contributed by atoms with Crippen LogP contribution >= 0.6 is 11.6 Å². The molecular weight excluding hydrogens is 328 g/mol. The number of carboxylic acids is 1. The highest BCUT2D eigenvalue weighted by atomic mass is 35.5. The van der Waals surface area contributed by atoms with Gasteiger partial charge in [0.15, 0.2) is 0 Å². The second-order valence-corrected chi connectivity index (χ2v) is 6.54. The van der Waals surface area contributed by atoms with E-state index in [0.717, 1.165) is 11.3 Å². The van der Waals surface area contributed by atoms with Gasteiger partial charge in [-0.3, -0.25) is 9.48 Å². The average molecular weight is 351 g/mol. The van der Waals surface area contributed by atoms with Crippen LogP contribution < -0.4 is 0 Å². The van der Waals surface area contributed by atoms with E-state index in [-0.39, 0.29) is 18.4 Å². The SMILES string of the molecule is COC(CC(=O)O)C(Cc1ccc(Cl)cc1)c1ccnn1C(C)C. The second-order valence-electron chi connectivity index (χ2n) is 6.10. The van der Waals surface area contributed by atoms with E-state index in [9.17, 15) is 9.90 Å². The van der Waals surface area contributed by atoms with Crippen LogP contribution in [0.4, 0.5) is 0 Å². The van der Waals surface area contributed by atoms with Crippen LogP contribution in [0.1, 0.15) is 43.5 Å².